The number of benzene rings is 1. The molecular weight excluding hydrogens is 238 g/mol. The summed E-state index contributed by atoms with van der Waals surface area (Å²) in [5, 5.41) is 0. The maximum absolute atomic E-state index is 5.54. The Morgan fingerprint density at radius 1 is 1.29 bits per heavy atom. The number of hydrogen-bond donors (Lipinski definition) is 1. The molecule has 3 nitrogen and oxygen atoms in total. The van der Waals surface area contributed by atoms with Crippen molar-refractivity contribution in [1.82, 2.24) is 0 Å². The van der Waals surface area contributed by atoms with Gasteiger partial charge < -0.3 is 15.2 Å². The van der Waals surface area contributed by atoms with E-state index >= 15 is 0 Å². The first-order valence-corrected chi connectivity index (χ1v) is 6.09. The second kappa shape index (κ2) is 7.98. The Bertz CT molecular complexity index is 366. The van der Waals surface area contributed by atoms with Crippen molar-refractivity contribution in [3.05, 3.63) is 35.4 Å². The molecule has 0 aromatic heterocycles. The maximum atomic E-state index is 5.54. The SMILES string of the molecule is CCOc1cc(CCN)ccc1OC/C=C/Cl. The Balaban J connectivity index is 2.79. The molecule has 0 saturated heterocycles. The summed E-state index contributed by atoms with van der Waals surface area (Å²) in [6.45, 7) is 3.60. The lowest BCUT2D eigenvalue weighted by molar-refractivity contribution is 0.296. The van der Waals surface area contributed by atoms with Crippen LogP contribution in [0.15, 0.2) is 29.8 Å². The average Bonchev–Trinajstić information content (AvgIpc) is 2.33. The van der Waals surface area contributed by atoms with Crippen molar-refractivity contribution >= 4 is 11.6 Å². The molecule has 94 valence electrons. The summed E-state index contributed by atoms with van der Waals surface area (Å²) in [5.74, 6) is 1.48. The first kappa shape index (κ1) is 13.9. The molecule has 0 aliphatic carbocycles. The molecule has 0 unspecified atom stereocenters. The van der Waals surface area contributed by atoms with E-state index in [-0.39, 0.29) is 0 Å². The summed E-state index contributed by atoms with van der Waals surface area (Å²) in [7, 11) is 0. The van der Waals surface area contributed by atoms with Gasteiger partial charge in [-0.25, -0.2) is 0 Å². The number of rotatable bonds is 7. The van der Waals surface area contributed by atoms with Gasteiger partial charge in [0.1, 0.15) is 6.61 Å². The zero-order valence-electron chi connectivity index (χ0n) is 9.99. The Morgan fingerprint density at radius 2 is 2.12 bits per heavy atom. The Morgan fingerprint density at radius 3 is 2.76 bits per heavy atom. The number of ether oxygens (including phenoxy) is 2. The van der Waals surface area contributed by atoms with Gasteiger partial charge in [0.25, 0.3) is 0 Å². The zero-order valence-corrected chi connectivity index (χ0v) is 10.7. The van der Waals surface area contributed by atoms with Crippen LogP contribution in [0.4, 0.5) is 0 Å². The normalized spacial score (nSPS) is 10.8. The van der Waals surface area contributed by atoms with Crippen molar-refractivity contribution in [3.63, 3.8) is 0 Å². The monoisotopic (exact) mass is 255 g/mol. The summed E-state index contributed by atoms with van der Waals surface area (Å²) in [4.78, 5) is 0. The van der Waals surface area contributed by atoms with E-state index in [4.69, 9.17) is 26.8 Å². The molecular formula is C13H18ClNO2. The molecule has 0 saturated carbocycles. The van der Waals surface area contributed by atoms with Crippen molar-refractivity contribution in [2.75, 3.05) is 19.8 Å². The van der Waals surface area contributed by atoms with Crippen molar-refractivity contribution < 1.29 is 9.47 Å². The quantitative estimate of drug-likeness (QED) is 0.815. The van der Waals surface area contributed by atoms with Gasteiger partial charge in [-0.1, -0.05) is 17.7 Å². The minimum Gasteiger partial charge on any atom is -0.490 e. The molecule has 0 fully saturated rings. The minimum atomic E-state index is 0.430. The lowest BCUT2D eigenvalue weighted by Gasteiger charge is -2.12. The van der Waals surface area contributed by atoms with Crippen LogP contribution in [0.5, 0.6) is 11.5 Å². The summed E-state index contributed by atoms with van der Waals surface area (Å²) < 4.78 is 11.1. The van der Waals surface area contributed by atoms with Gasteiger partial charge in [-0.2, -0.15) is 0 Å². The van der Waals surface area contributed by atoms with Crippen LogP contribution in [0.2, 0.25) is 0 Å². The van der Waals surface area contributed by atoms with E-state index < -0.39 is 0 Å². The second-order valence-corrected chi connectivity index (χ2v) is 3.68. The molecule has 17 heavy (non-hydrogen) atoms. The van der Waals surface area contributed by atoms with Crippen LogP contribution in [0.1, 0.15) is 12.5 Å². The highest BCUT2D eigenvalue weighted by molar-refractivity contribution is 6.25. The van der Waals surface area contributed by atoms with E-state index in [1.54, 1.807) is 6.08 Å². The zero-order chi connectivity index (χ0) is 12.5. The van der Waals surface area contributed by atoms with Gasteiger partial charge in [-0.3, -0.25) is 0 Å². The van der Waals surface area contributed by atoms with Gasteiger partial charge in [0.05, 0.1) is 6.61 Å². The van der Waals surface area contributed by atoms with Gasteiger partial charge in [0, 0.05) is 5.54 Å². The van der Waals surface area contributed by atoms with Gasteiger partial charge in [0.2, 0.25) is 0 Å². The Hall–Kier alpha value is -1.19. The molecule has 0 aliphatic heterocycles. The first-order chi connectivity index (χ1) is 8.31. The topological polar surface area (TPSA) is 44.5 Å². The molecule has 1 rings (SSSR count). The van der Waals surface area contributed by atoms with E-state index in [1.165, 1.54) is 5.54 Å². The molecule has 1 aromatic carbocycles. The van der Waals surface area contributed by atoms with Crippen molar-refractivity contribution in [2.24, 2.45) is 5.73 Å². The third kappa shape index (κ3) is 4.67. The van der Waals surface area contributed by atoms with E-state index in [0.717, 1.165) is 23.5 Å². The van der Waals surface area contributed by atoms with Crippen LogP contribution < -0.4 is 15.2 Å². The highest BCUT2D eigenvalue weighted by Gasteiger charge is 2.05. The highest BCUT2D eigenvalue weighted by atomic mass is 35.5. The van der Waals surface area contributed by atoms with Crippen molar-refractivity contribution in [3.8, 4) is 11.5 Å². The van der Waals surface area contributed by atoms with Gasteiger partial charge in [0.15, 0.2) is 11.5 Å². The van der Waals surface area contributed by atoms with Crippen LogP contribution in [0.25, 0.3) is 0 Å². The van der Waals surface area contributed by atoms with E-state index in [2.05, 4.69) is 0 Å². The van der Waals surface area contributed by atoms with Crippen LogP contribution in [0.3, 0.4) is 0 Å². The van der Waals surface area contributed by atoms with Crippen molar-refractivity contribution in [1.29, 1.82) is 0 Å². The van der Waals surface area contributed by atoms with Crippen LogP contribution >= 0.6 is 11.6 Å². The number of nitrogens with two attached hydrogens (primary N) is 1. The third-order valence-corrected chi connectivity index (χ3v) is 2.34. The predicted molar refractivity (Wildman–Crippen MR) is 70.9 cm³/mol. The summed E-state index contributed by atoms with van der Waals surface area (Å²) in [6.07, 6.45) is 2.56. The molecule has 1 aromatic rings. The first-order valence-electron chi connectivity index (χ1n) is 5.65. The summed E-state index contributed by atoms with van der Waals surface area (Å²) >= 11 is 5.43. The fraction of sp³-hybridized carbons (Fsp3) is 0.385. The van der Waals surface area contributed by atoms with Crippen LogP contribution in [0, 0.1) is 0 Å². The second-order valence-electron chi connectivity index (χ2n) is 3.43. The molecule has 0 amide bonds. The van der Waals surface area contributed by atoms with Crippen LogP contribution in [-0.4, -0.2) is 19.8 Å². The smallest absolute Gasteiger partial charge is 0.161 e. The molecule has 0 atom stereocenters. The molecule has 4 heteroatoms. The van der Waals surface area contributed by atoms with Gasteiger partial charge in [-0.05, 0) is 43.7 Å². The molecule has 0 radical (unpaired) electrons. The number of hydrogen-bond acceptors (Lipinski definition) is 3. The van der Waals surface area contributed by atoms with E-state index in [1.807, 2.05) is 25.1 Å². The Labute approximate surface area is 107 Å². The molecule has 0 bridgehead atoms. The molecule has 0 heterocycles. The lowest BCUT2D eigenvalue weighted by atomic mass is 10.1. The Kier molecular flexibility index (Phi) is 6.51. The van der Waals surface area contributed by atoms with Gasteiger partial charge in [-0.15, -0.1) is 0 Å². The molecule has 0 aliphatic rings. The third-order valence-electron chi connectivity index (χ3n) is 2.17. The van der Waals surface area contributed by atoms with Gasteiger partial charge >= 0.3 is 0 Å². The molecule has 0 spiro atoms. The fourth-order valence-electron chi connectivity index (χ4n) is 1.44. The fourth-order valence-corrected chi connectivity index (χ4v) is 1.51. The van der Waals surface area contributed by atoms with E-state index in [0.29, 0.717) is 19.8 Å². The lowest BCUT2D eigenvalue weighted by Crippen LogP contribution is -2.04. The van der Waals surface area contributed by atoms with Crippen LogP contribution in [-0.2, 0) is 6.42 Å². The number of halogens is 1. The highest BCUT2D eigenvalue weighted by Crippen LogP contribution is 2.28. The standard InChI is InChI=1S/C13H18ClNO2/c1-2-16-13-10-11(6-8-15)4-5-12(13)17-9-3-7-14/h3-5,7,10H,2,6,8-9,15H2,1H3/b7-3+. The maximum Gasteiger partial charge on any atom is 0.161 e. The summed E-state index contributed by atoms with van der Waals surface area (Å²) in [6, 6.07) is 5.86. The van der Waals surface area contributed by atoms with Crippen molar-refractivity contribution in [2.45, 2.75) is 13.3 Å². The largest absolute Gasteiger partial charge is 0.490 e. The van der Waals surface area contributed by atoms with E-state index in [9.17, 15) is 0 Å². The average molecular weight is 256 g/mol. The minimum absolute atomic E-state index is 0.430. The predicted octanol–water partition coefficient (Wildman–Crippen LogP) is 2.72. The summed E-state index contributed by atoms with van der Waals surface area (Å²) in [5.41, 5.74) is 8.11. The molecule has 2 N–H and O–H groups in total.